The summed E-state index contributed by atoms with van der Waals surface area (Å²) in [5.41, 5.74) is 4.56. The number of ether oxygens (including phenoxy) is 1. The molecular formula is C13H16F6N5O5P. The van der Waals surface area contributed by atoms with Gasteiger partial charge in [0.2, 0.25) is 5.95 Å². The maximum absolute atomic E-state index is 12.8. The zero-order valence-electron chi connectivity index (χ0n) is 15.1. The van der Waals surface area contributed by atoms with Crippen LogP contribution < -0.4 is 11.3 Å². The number of hydrogen-bond donors (Lipinski definition) is 3. The van der Waals surface area contributed by atoms with E-state index in [9.17, 15) is 45.5 Å². The van der Waals surface area contributed by atoms with Gasteiger partial charge in [-0.2, -0.15) is 31.3 Å². The van der Waals surface area contributed by atoms with E-state index >= 15 is 0 Å². The molecule has 2 aromatic heterocycles. The smallest absolute Gasteiger partial charge is 0.369 e. The number of nitrogens with zero attached hydrogens (tertiary/aromatic N) is 4. The Balaban J connectivity index is 2.35. The van der Waals surface area contributed by atoms with Gasteiger partial charge in [-0.15, -0.1) is 0 Å². The van der Waals surface area contributed by atoms with Crippen LogP contribution in [-0.2, 0) is 22.9 Å². The second kappa shape index (κ2) is 7.83. The molecular weight excluding hydrogens is 451 g/mol. The van der Waals surface area contributed by atoms with E-state index in [-0.39, 0.29) is 17.1 Å². The molecule has 2 rings (SSSR count). The summed E-state index contributed by atoms with van der Waals surface area (Å²) in [5, 5.41) is -3.87. The monoisotopic (exact) mass is 467 g/mol. The van der Waals surface area contributed by atoms with Crippen molar-refractivity contribution in [2.75, 3.05) is 12.3 Å². The fraction of sp³-hybridized carbons (Fsp3) is 0.615. The molecule has 17 heteroatoms. The van der Waals surface area contributed by atoms with Crippen LogP contribution in [0.4, 0.5) is 32.3 Å². The second-order valence-electron chi connectivity index (χ2n) is 6.37. The van der Waals surface area contributed by atoms with Crippen LogP contribution in [0.2, 0.25) is 0 Å². The third-order valence-corrected chi connectivity index (χ3v) is 5.58. The van der Waals surface area contributed by atoms with Crippen LogP contribution in [0.5, 0.6) is 0 Å². The fourth-order valence-corrected chi connectivity index (χ4v) is 3.70. The summed E-state index contributed by atoms with van der Waals surface area (Å²) in [4.78, 5) is 38.2. The van der Waals surface area contributed by atoms with Gasteiger partial charge in [-0.05, 0) is 0 Å². The molecule has 0 unspecified atom stereocenters. The molecule has 0 saturated heterocycles. The first-order valence-corrected chi connectivity index (χ1v) is 9.57. The predicted octanol–water partition coefficient (Wildman–Crippen LogP) is 1.51. The van der Waals surface area contributed by atoms with Gasteiger partial charge in [0.1, 0.15) is 0 Å². The SMILES string of the molecule is Cn1c(N)nc2c(ncn2CCOC(CC(F)(F)F)(CC(F)(F)F)P(=O)(O)O)c1=O. The van der Waals surface area contributed by atoms with Gasteiger partial charge in [0.15, 0.2) is 16.5 Å². The summed E-state index contributed by atoms with van der Waals surface area (Å²) in [7, 11) is -4.75. The molecule has 0 fully saturated rings. The first-order chi connectivity index (χ1) is 13.5. The number of fused-ring (bicyclic) bond motifs is 1. The highest BCUT2D eigenvalue weighted by Crippen LogP contribution is 2.59. The quantitative estimate of drug-likeness (QED) is 0.411. The Hall–Kier alpha value is -2.16. The maximum Gasteiger partial charge on any atom is 0.392 e. The van der Waals surface area contributed by atoms with E-state index in [0.29, 0.717) is 0 Å². The van der Waals surface area contributed by atoms with E-state index in [0.717, 1.165) is 15.5 Å². The molecule has 4 N–H and O–H groups in total. The minimum atomic E-state index is -6.05. The number of hydrogen-bond acceptors (Lipinski definition) is 6. The Morgan fingerprint density at radius 3 is 2.17 bits per heavy atom. The van der Waals surface area contributed by atoms with E-state index in [1.807, 2.05) is 0 Å². The molecule has 0 aliphatic carbocycles. The highest BCUT2D eigenvalue weighted by molar-refractivity contribution is 7.53. The summed E-state index contributed by atoms with van der Waals surface area (Å²) in [6.07, 6.45) is -14.8. The van der Waals surface area contributed by atoms with Gasteiger partial charge in [-0.25, -0.2) is 4.98 Å². The Morgan fingerprint density at radius 2 is 1.70 bits per heavy atom. The molecule has 0 radical (unpaired) electrons. The zero-order chi connectivity index (χ0) is 23.1. The van der Waals surface area contributed by atoms with Crippen molar-refractivity contribution in [3.8, 4) is 0 Å². The molecule has 2 aromatic rings. The van der Waals surface area contributed by atoms with E-state index in [1.54, 1.807) is 0 Å². The van der Waals surface area contributed by atoms with Crippen LogP contribution in [0.1, 0.15) is 12.8 Å². The zero-order valence-corrected chi connectivity index (χ0v) is 16.0. The number of nitrogens with two attached hydrogens (primary N) is 1. The number of halogens is 6. The van der Waals surface area contributed by atoms with Crippen LogP contribution >= 0.6 is 7.60 Å². The second-order valence-corrected chi connectivity index (χ2v) is 8.27. The fourth-order valence-electron chi connectivity index (χ4n) is 2.67. The molecule has 0 atom stereocenters. The van der Waals surface area contributed by atoms with Crippen LogP contribution in [0.3, 0.4) is 0 Å². The average Bonchev–Trinajstić information content (AvgIpc) is 2.91. The van der Waals surface area contributed by atoms with Crippen LogP contribution in [0.25, 0.3) is 11.2 Å². The third kappa shape index (κ3) is 5.30. The van der Waals surface area contributed by atoms with E-state index in [1.165, 1.54) is 7.05 Å². The van der Waals surface area contributed by atoms with Crippen LogP contribution in [0.15, 0.2) is 11.1 Å². The molecule has 0 aromatic carbocycles. The molecule has 0 amide bonds. The molecule has 0 spiro atoms. The van der Waals surface area contributed by atoms with Crippen molar-refractivity contribution < 1.29 is 45.4 Å². The lowest BCUT2D eigenvalue weighted by Gasteiger charge is -2.35. The molecule has 170 valence electrons. The highest BCUT2D eigenvalue weighted by atomic mass is 31.2. The number of imidazole rings is 1. The van der Waals surface area contributed by atoms with E-state index in [2.05, 4.69) is 14.7 Å². The van der Waals surface area contributed by atoms with E-state index < -0.39 is 56.8 Å². The standard InChI is InChI=1S/C13H16F6N5O5P/c1-23-9(25)7-8(22-10(23)20)24(6-21-7)2-3-29-11(30(26,27)28,4-12(14,15)16)5-13(17,18)19/h6H,2-5H2,1H3,(H2,20,22)(H2,26,27,28). The highest BCUT2D eigenvalue weighted by Gasteiger charge is 2.59. The Morgan fingerprint density at radius 1 is 1.17 bits per heavy atom. The maximum atomic E-state index is 12.8. The average molecular weight is 467 g/mol. The summed E-state index contributed by atoms with van der Waals surface area (Å²) in [6.45, 7) is -1.51. The number of alkyl halides is 6. The van der Waals surface area contributed by atoms with Crippen molar-refractivity contribution in [3.05, 3.63) is 16.7 Å². The summed E-state index contributed by atoms with van der Waals surface area (Å²) >= 11 is 0. The number of anilines is 1. The third-order valence-electron chi connectivity index (χ3n) is 4.07. The minimum Gasteiger partial charge on any atom is -0.369 e. The van der Waals surface area contributed by atoms with Gasteiger partial charge in [0.25, 0.3) is 5.56 Å². The number of aromatic nitrogens is 4. The van der Waals surface area contributed by atoms with Gasteiger partial charge in [0, 0.05) is 13.6 Å². The van der Waals surface area contributed by atoms with Crippen molar-refractivity contribution in [2.45, 2.75) is 37.1 Å². The Bertz CT molecular complexity index is 1010. The van der Waals surface area contributed by atoms with Crippen molar-refractivity contribution in [2.24, 2.45) is 7.05 Å². The lowest BCUT2D eigenvalue weighted by atomic mass is 10.1. The van der Waals surface area contributed by atoms with Gasteiger partial charge >= 0.3 is 19.9 Å². The van der Waals surface area contributed by atoms with E-state index in [4.69, 9.17) is 5.73 Å². The Labute approximate surface area is 163 Å². The van der Waals surface area contributed by atoms with Crippen LogP contribution in [0, 0.1) is 0 Å². The largest absolute Gasteiger partial charge is 0.392 e. The van der Waals surface area contributed by atoms with Crippen molar-refractivity contribution in [1.82, 2.24) is 19.1 Å². The molecule has 0 aliphatic rings. The lowest BCUT2D eigenvalue weighted by molar-refractivity contribution is -0.211. The Kier molecular flexibility index (Phi) is 6.29. The predicted molar refractivity (Wildman–Crippen MR) is 89.3 cm³/mol. The van der Waals surface area contributed by atoms with Crippen molar-refractivity contribution in [1.29, 1.82) is 0 Å². The number of nitrogen functional groups attached to an aromatic ring is 1. The molecule has 0 bridgehead atoms. The van der Waals surface area contributed by atoms with Gasteiger partial charge < -0.3 is 24.8 Å². The van der Waals surface area contributed by atoms with Gasteiger partial charge in [0.05, 0.1) is 25.8 Å². The number of rotatable bonds is 7. The van der Waals surface area contributed by atoms with Crippen LogP contribution in [-0.4, -0.2) is 53.2 Å². The normalized spacial score (nSPS) is 13.9. The minimum absolute atomic E-state index is 0.132. The molecule has 0 aliphatic heterocycles. The van der Waals surface area contributed by atoms with Gasteiger partial charge in [-0.3, -0.25) is 13.9 Å². The molecule has 2 heterocycles. The topological polar surface area (TPSA) is 145 Å². The molecule has 30 heavy (non-hydrogen) atoms. The summed E-state index contributed by atoms with van der Waals surface area (Å²) in [6, 6.07) is 0. The summed E-state index contributed by atoms with van der Waals surface area (Å²) < 4.78 is 95.1. The molecule has 10 nitrogen and oxygen atoms in total. The summed E-state index contributed by atoms with van der Waals surface area (Å²) in [5.74, 6) is -0.242. The van der Waals surface area contributed by atoms with Crippen molar-refractivity contribution in [3.63, 3.8) is 0 Å². The first-order valence-electron chi connectivity index (χ1n) is 7.96. The first kappa shape index (κ1) is 24.1. The van der Waals surface area contributed by atoms with Gasteiger partial charge in [-0.1, -0.05) is 0 Å². The lowest BCUT2D eigenvalue weighted by Crippen LogP contribution is -2.42. The van der Waals surface area contributed by atoms with Crippen molar-refractivity contribution >= 4 is 24.7 Å². The molecule has 0 saturated carbocycles.